The molecule has 0 saturated carbocycles. The predicted octanol–water partition coefficient (Wildman–Crippen LogP) is 11.2. The Kier molecular flexibility index (Phi) is 21.3. The molecule has 0 unspecified atom stereocenters. The van der Waals surface area contributed by atoms with E-state index in [2.05, 4.69) is 5.32 Å². The van der Waals surface area contributed by atoms with Crippen molar-refractivity contribution in [1.82, 2.24) is 10.2 Å². The molecule has 2 fully saturated rings. The molecule has 2 heterocycles. The first kappa shape index (κ1) is 58.4. The van der Waals surface area contributed by atoms with Gasteiger partial charge in [-0.15, -0.1) is 0 Å². The molecule has 2 saturated heterocycles. The number of hydrogen-bond donors (Lipinski definition) is 1. The highest BCUT2D eigenvalue weighted by molar-refractivity contribution is 5.83. The van der Waals surface area contributed by atoms with E-state index in [1.54, 1.807) is 12.0 Å². The lowest BCUT2D eigenvalue weighted by atomic mass is 9.91. The van der Waals surface area contributed by atoms with Gasteiger partial charge in [0.05, 0.1) is 78.7 Å². The fourth-order valence-electron chi connectivity index (χ4n) is 9.96. The third-order valence-electron chi connectivity index (χ3n) is 14.0. The summed E-state index contributed by atoms with van der Waals surface area (Å²) < 4.78 is 67.4. The van der Waals surface area contributed by atoms with Crippen LogP contribution < -0.4 is 10.1 Å². The van der Waals surface area contributed by atoms with Gasteiger partial charge < -0.3 is 52.7 Å². The fraction of sp³-hybridized carbons (Fsp3) is 0.343. The minimum absolute atomic E-state index is 0.0417. The number of carbonyl (C=O) groups is 2. The number of likely N-dealkylation sites (tertiary alicyclic amines) is 1. The van der Waals surface area contributed by atoms with Gasteiger partial charge in [0.2, 0.25) is 0 Å². The molecule has 0 bridgehead atoms. The van der Waals surface area contributed by atoms with Gasteiger partial charge in [-0.3, -0.25) is 9.69 Å². The van der Waals surface area contributed by atoms with E-state index in [1.807, 2.05) is 227 Å². The van der Waals surface area contributed by atoms with Crippen LogP contribution in [0.15, 0.2) is 206 Å². The maximum atomic E-state index is 15.5. The zero-order chi connectivity index (χ0) is 56.2. The maximum Gasteiger partial charge on any atom is 0.412 e. The van der Waals surface area contributed by atoms with Crippen molar-refractivity contribution in [3.63, 3.8) is 0 Å². The van der Waals surface area contributed by atoms with Crippen molar-refractivity contribution >= 4 is 12.0 Å². The summed E-state index contributed by atoms with van der Waals surface area (Å²) in [6.45, 7) is 6.32. The van der Waals surface area contributed by atoms with Crippen molar-refractivity contribution in [1.29, 1.82) is 0 Å². The summed E-state index contributed by atoms with van der Waals surface area (Å²) in [5, 5.41) is 3.23. The highest BCUT2D eigenvalue weighted by atomic mass is 16.6. The van der Waals surface area contributed by atoms with Crippen LogP contribution in [0.25, 0.3) is 0 Å². The summed E-state index contributed by atoms with van der Waals surface area (Å²) in [5.41, 5.74) is 5.33. The molecule has 9 atom stereocenters. The van der Waals surface area contributed by atoms with Crippen molar-refractivity contribution in [2.45, 2.75) is 128 Å². The van der Waals surface area contributed by atoms with Crippen LogP contribution in [0.5, 0.6) is 5.75 Å². The van der Waals surface area contributed by atoms with Crippen LogP contribution in [0.2, 0.25) is 0 Å². The van der Waals surface area contributed by atoms with E-state index in [-0.39, 0.29) is 59.5 Å². The number of methoxy groups -OCH3 is 1. The predicted molar refractivity (Wildman–Crippen MR) is 306 cm³/mol. The maximum absolute atomic E-state index is 15.5. The number of nitrogens with zero attached hydrogens (tertiary/aromatic N) is 1. The molecule has 0 radical (unpaired) electrons. The first-order valence-corrected chi connectivity index (χ1v) is 27.7. The molecular weight excluding hydrogens is 1020 g/mol. The second kappa shape index (κ2) is 29.5. The van der Waals surface area contributed by atoms with Crippen LogP contribution >= 0.6 is 0 Å². The van der Waals surface area contributed by atoms with Crippen molar-refractivity contribution in [3.05, 3.63) is 245 Å². The molecule has 2 aliphatic heterocycles. The smallest absolute Gasteiger partial charge is 0.412 e. The lowest BCUT2D eigenvalue weighted by molar-refractivity contribution is -0.272. The van der Waals surface area contributed by atoms with Crippen LogP contribution in [-0.2, 0) is 93.7 Å². The van der Waals surface area contributed by atoms with Crippen molar-refractivity contribution < 1.29 is 57.0 Å². The summed E-state index contributed by atoms with van der Waals surface area (Å²) in [6.07, 6.45) is -7.68. The molecule has 0 aromatic heterocycles. The number of carbonyl (C=O) groups excluding carboxylic acids is 2. The SMILES string of the molecule is COc1ccc(COC[C@@H]2[C@@H](OCc3ccccc3)[C@H](OCc3ccccc3)[C@@H](OCc3ccccc3)[C@@H](OC[C@H]3NC(=O)[C@H](OCc4ccccc4)[C@@H](OCc4ccccc4)[C@@H]3OCc3ccccc3)N2C(=O)OC(C)(C)C)cc1. The van der Waals surface area contributed by atoms with Gasteiger partial charge in [0, 0.05) is 0 Å². The molecule has 7 aromatic carbocycles. The zero-order valence-electron chi connectivity index (χ0n) is 46.5. The highest BCUT2D eigenvalue weighted by Gasteiger charge is 2.56. The topological polar surface area (TPSA) is 142 Å². The van der Waals surface area contributed by atoms with E-state index in [0.29, 0.717) is 5.75 Å². The number of rotatable bonds is 26. The van der Waals surface area contributed by atoms with Crippen LogP contribution in [0.4, 0.5) is 4.79 Å². The molecule has 1 N–H and O–H groups in total. The molecule has 81 heavy (non-hydrogen) atoms. The number of hydrogen-bond acceptors (Lipinski definition) is 12. The number of piperidine rings is 2. The molecule has 14 nitrogen and oxygen atoms in total. The summed E-state index contributed by atoms with van der Waals surface area (Å²) >= 11 is 0. The summed E-state index contributed by atoms with van der Waals surface area (Å²) in [6, 6.07) is 64.6. The van der Waals surface area contributed by atoms with Gasteiger partial charge in [-0.05, 0) is 71.8 Å². The largest absolute Gasteiger partial charge is 0.497 e. The molecule has 0 aliphatic carbocycles. The van der Waals surface area contributed by atoms with Gasteiger partial charge in [-0.1, -0.05) is 194 Å². The van der Waals surface area contributed by atoms with Crippen molar-refractivity contribution in [3.8, 4) is 5.75 Å². The third kappa shape index (κ3) is 16.9. The molecule has 424 valence electrons. The Hall–Kier alpha value is -7.24. The van der Waals surface area contributed by atoms with Gasteiger partial charge in [-0.25, -0.2) is 4.79 Å². The number of benzene rings is 7. The van der Waals surface area contributed by atoms with Gasteiger partial charge in [-0.2, -0.15) is 0 Å². The van der Waals surface area contributed by atoms with Gasteiger partial charge in [0.1, 0.15) is 41.9 Å². The normalized spacial score (nSPS) is 22.0. The molecule has 7 aromatic rings. The number of amides is 2. The van der Waals surface area contributed by atoms with Crippen molar-refractivity contribution in [2.24, 2.45) is 0 Å². The van der Waals surface area contributed by atoms with Crippen LogP contribution in [0.3, 0.4) is 0 Å². The Morgan fingerprint density at radius 1 is 0.432 bits per heavy atom. The van der Waals surface area contributed by atoms with Crippen molar-refractivity contribution in [2.75, 3.05) is 20.3 Å². The number of ether oxygens (including phenoxy) is 10. The second-order valence-electron chi connectivity index (χ2n) is 21.2. The van der Waals surface area contributed by atoms with Gasteiger partial charge >= 0.3 is 6.09 Å². The molecule has 9 rings (SSSR count). The molecule has 14 heteroatoms. The average Bonchev–Trinajstić information content (AvgIpc) is 3.60. The van der Waals surface area contributed by atoms with Gasteiger partial charge in [0.15, 0.2) is 12.3 Å². The van der Waals surface area contributed by atoms with Crippen LogP contribution in [-0.4, -0.2) is 97.8 Å². The number of nitrogens with one attached hydrogen (secondary N) is 1. The Morgan fingerprint density at radius 2 is 0.815 bits per heavy atom. The van der Waals surface area contributed by atoms with Gasteiger partial charge in [0.25, 0.3) is 5.91 Å². The Balaban J connectivity index is 1.13. The zero-order valence-corrected chi connectivity index (χ0v) is 46.5. The Morgan fingerprint density at radius 3 is 1.25 bits per heavy atom. The third-order valence-corrected chi connectivity index (χ3v) is 14.0. The molecule has 2 aliphatic rings. The summed E-state index contributed by atoms with van der Waals surface area (Å²) in [4.78, 5) is 31.8. The van der Waals surface area contributed by atoms with E-state index < -0.39 is 72.5 Å². The van der Waals surface area contributed by atoms with E-state index in [1.165, 1.54) is 0 Å². The lowest BCUT2D eigenvalue weighted by Gasteiger charge is -2.52. The monoisotopic (exact) mass is 1100 g/mol. The summed E-state index contributed by atoms with van der Waals surface area (Å²) in [7, 11) is 1.62. The average molecular weight is 1100 g/mol. The fourth-order valence-corrected chi connectivity index (χ4v) is 9.96. The van der Waals surface area contributed by atoms with E-state index >= 15 is 4.79 Å². The standard InChI is InChI=1S/C67H74N2O12/c1-67(2,3)81-66(71)69-57(47-73-39-54-35-37-55(72-4)38-36-54)59(75-41-49-25-13-6-14-26-49)61(77-43-51-29-17-8-18-30-51)63(79-45-53-33-21-10-22-34-53)65(69)80-46-56-58(74-40-48-23-11-5-12-24-48)60(76-42-50-27-15-7-16-28-50)62(64(70)68-56)78-44-52-31-19-9-20-32-52/h5-38,56-63,65H,39-47H2,1-4H3,(H,68,70)/t56-,57-,58-,59-,60+,61+,62-,63-,65-/m1/s1. The van der Waals surface area contributed by atoms with E-state index in [0.717, 1.165) is 38.9 Å². The quantitative estimate of drug-likeness (QED) is 0.0552. The van der Waals surface area contributed by atoms with E-state index in [4.69, 9.17) is 47.4 Å². The molecular formula is C67H74N2O12. The Labute approximate surface area is 476 Å². The minimum atomic E-state index is -1.25. The first-order valence-electron chi connectivity index (χ1n) is 27.7. The second-order valence-corrected chi connectivity index (χ2v) is 21.2. The molecule has 0 spiro atoms. The Bertz CT molecular complexity index is 2940. The lowest BCUT2D eigenvalue weighted by Crippen LogP contribution is -2.72. The molecule has 2 amide bonds. The minimum Gasteiger partial charge on any atom is -0.497 e. The van der Waals surface area contributed by atoms with Crippen LogP contribution in [0.1, 0.15) is 59.7 Å². The van der Waals surface area contributed by atoms with E-state index in [9.17, 15) is 4.79 Å². The summed E-state index contributed by atoms with van der Waals surface area (Å²) in [5.74, 6) is 0.299. The van der Waals surface area contributed by atoms with Crippen LogP contribution in [0, 0.1) is 0 Å². The highest BCUT2D eigenvalue weighted by Crippen LogP contribution is 2.36. The first-order chi connectivity index (χ1) is 39.6.